The van der Waals surface area contributed by atoms with Crippen LogP contribution in [0.1, 0.15) is 0 Å². The van der Waals surface area contributed by atoms with E-state index in [0.29, 0.717) is 0 Å². The Morgan fingerprint density at radius 3 is 2.17 bits per heavy atom. The van der Waals surface area contributed by atoms with Crippen molar-refractivity contribution in [2.24, 2.45) is 0 Å². The predicted molar refractivity (Wildman–Crippen MR) is 77.6 cm³/mol. The zero-order valence-corrected chi connectivity index (χ0v) is 10.4. The average Bonchev–Trinajstić information content (AvgIpc) is 2.79. The van der Waals surface area contributed by atoms with Crippen LogP contribution >= 0.6 is 0 Å². The zero-order chi connectivity index (χ0) is 12.4. The molecule has 0 radical (unpaired) electrons. The van der Waals surface area contributed by atoms with Gasteiger partial charge in [-0.15, -0.1) is 0 Å². The van der Waals surface area contributed by atoms with Gasteiger partial charge in [0.25, 0.3) is 0 Å². The first-order chi connectivity index (χ1) is 8.86. The summed E-state index contributed by atoms with van der Waals surface area (Å²) in [6.07, 6.45) is 0. The quantitative estimate of drug-likeness (QED) is 0.627. The van der Waals surface area contributed by atoms with Gasteiger partial charge < -0.3 is 4.90 Å². The largest absolute Gasteiger partial charge is 0.344 e. The van der Waals surface area contributed by atoms with Gasteiger partial charge in [-0.2, -0.15) is 0 Å². The molecule has 0 saturated carbocycles. The van der Waals surface area contributed by atoms with Gasteiger partial charge in [-0.1, -0.05) is 54.6 Å². The summed E-state index contributed by atoms with van der Waals surface area (Å²) in [6.45, 7) is 0. The minimum Gasteiger partial charge on any atom is -0.344 e. The number of hydrogen-bond donors (Lipinski definition) is 0. The molecule has 0 aromatic heterocycles. The number of hydrogen-bond acceptors (Lipinski definition) is 1. The molecule has 0 heterocycles. The zero-order valence-electron chi connectivity index (χ0n) is 10.4. The van der Waals surface area contributed by atoms with Crippen molar-refractivity contribution in [3.63, 3.8) is 0 Å². The molecule has 0 N–H and O–H groups in total. The number of anilines is 2. The Morgan fingerprint density at radius 2 is 1.33 bits per heavy atom. The molecule has 0 aliphatic heterocycles. The molecule has 0 saturated heterocycles. The van der Waals surface area contributed by atoms with Gasteiger partial charge in [0.1, 0.15) is 0 Å². The number of fused-ring (bicyclic) bond motifs is 1. The fourth-order valence-electron chi connectivity index (χ4n) is 2.29. The van der Waals surface area contributed by atoms with Crippen molar-refractivity contribution in [1.29, 1.82) is 0 Å². The lowest BCUT2D eigenvalue weighted by Gasteiger charge is -2.20. The Balaban J connectivity index is 2.11. The summed E-state index contributed by atoms with van der Waals surface area (Å²) in [6, 6.07) is 25.3. The third-order valence-corrected chi connectivity index (χ3v) is 3.27. The third-order valence-electron chi connectivity index (χ3n) is 3.27. The summed E-state index contributed by atoms with van der Waals surface area (Å²) in [4.78, 5) is 2.22. The van der Waals surface area contributed by atoms with Crippen molar-refractivity contribution in [2.75, 3.05) is 11.9 Å². The Morgan fingerprint density at radius 1 is 0.667 bits per heavy atom. The second-order valence-corrected chi connectivity index (χ2v) is 4.39. The third kappa shape index (κ3) is 1.84. The summed E-state index contributed by atoms with van der Waals surface area (Å²) in [7, 11) is 2.11. The molecule has 18 heavy (non-hydrogen) atoms. The van der Waals surface area contributed by atoms with Crippen LogP contribution in [0.3, 0.4) is 0 Å². The van der Waals surface area contributed by atoms with E-state index in [0.717, 1.165) is 0 Å². The van der Waals surface area contributed by atoms with Gasteiger partial charge in [0, 0.05) is 24.0 Å². The molecule has 0 atom stereocenters. The first-order valence-electron chi connectivity index (χ1n) is 6.13. The van der Waals surface area contributed by atoms with Gasteiger partial charge in [-0.05, 0) is 23.8 Å². The molecule has 1 nitrogen and oxygen atoms in total. The first kappa shape index (κ1) is 10.8. The lowest BCUT2D eigenvalue weighted by molar-refractivity contribution is 1.22. The summed E-state index contributed by atoms with van der Waals surface area (Å²) >= 11 is 0. The average molecular weight is 233 g/mol. The van der Waals surface area contributed by atoms with Crippen molar-refractivity contribution in [3.05, 3.63) is 72.8 Å². The van der Waals surface area contributed by atoms with Gasteiger partial charge >= 0.3 is 0 Å². The molecule has 1 heteroatoms. The number of nitrogens with zero attached hydrogens (tertiary/aromatic N) is 1. The van der Waals surface area contributed by atoms with Crippen molar-refractivity contribution < 1.29 is 0 Å². The molecule has 3 rings (SSSR count). The summed E-state index contributed by atoms with van der Waals surface area (Å²) in [5.74, 6) is 0. The second kappa shape index (κ2) is 4.53. The Labute approximate surface area is 108 Å². The molecular formula is C17H15N. The van der Waals surface area contributed by atoms with Gasteiger partial charge in [0.05, 0.1) is 0 Å². The van der Waals surface area contributed by atoms with E-state index in [9.17, 15) is 0 Å². The molecular weight excluding hydrogens is 218 g/mol. The van der Waals surface area contributed by atoms with Gasteiger partial charge in [-0.25, -0.2) is 0 Å². The van der Waals surface area contributed by atoms with E-state index >= 15 is 0 Å². The van der Waals surface area contributed by atoms with Crippen molar-refractivity contribution in [2.45, 2.75) is 0 Å². The minimum absolute atomic E-state index is 1.20. The van der Waals surface area contributed by atoms with Crippen LogP contribution in [0.15, 0.2) is 72.8 Å². The Hall–Kier alpha value is -2.28. The first-order valence-corrected chi connectivity index (χ1v) is 6.13. The highest BCUT2D eigenvalue weighted by molar-refractivity contribution is 5.83. The van der Waals surface area contributed by atoms with Crippen LogP contribution < -0.4 is 4.90 Å². The van der Waals surface area contributed by atoms with E-state index in [1.807, 2.05) is 6.07 Å². The second-order valence-electron chi connectivity index (χ2n) is 4.39. The van der Waals surface area contributed by atoms with Crippen LogP contribution in [0, 0.1) is 0 Å². The number of para-hydroxylation sites is 1. The van der Waals surface area contributed by atoms with E-state index < -0.39 is 0 Å². The summed E-state index contributed by atoms with van der Waals surface area (Å²) in [5, 5.41) is 0. The van der Waals surface area contributed by atoms with E-state index in [-0.39, 0.29) is 0 Å². The number of benzene rings is 1. The van der Waals surface area contributed by atoms with Gasteiger partial charge in [0.15, 0.2) is 0 Å². The summed E-state index contributed by atoms with van der Waals surface area (Å²) in [5.41, 5.74) is 4.99. The molecule has 2 aliphatic rings. The highest BCUT2D eigenvalue weighted by Crippen LogP contribution is 2.34. The van der Waals surface area contributed by atoms with E-state index in [1.54, 1.807) is 0 Å². The Bertz CT molecular complexity index is 616. The maximum atomic E-state index is 2.22. The van der Waals surface area contributed by atoms with Crippen LogP contribution in [0.5, 0.6) is 0 Å². The van der Waals surface area contributed by atoms with E-state index in [2.05, 4.69) is 78.7 Å². The minimum atomic E-state index is 1.20. The maximum absolute atomic E-state index is 2.22. The lowest BCUT2D eigenvalue weighted by Crippen LogP contribution is -2.09. The molecule has 0 bridgehead atoms. The molecule has 0 spiro atoms. The molecule has 0 amide bonds. The van der Waals surface area contributed by atoms with Gasteiger partial charge in [0.2, 0.25) is 0 Å². The monoisotopic (exact) mass is 233 g/mol. The van der Waals surface area contributed by atoms with Crippen molar-refractivity contribution >= 4 is 11.4 Å². The van der Waals surface area contributed by atoms with Crippen LogP contribution in [0.2, 0.25) is 0 Å². The normalized spacial score (nSPS) is 10.5. The van der Waals surface area contributed by atoms with Crippen LogP contribution in [-0.4, -0.2) is 7.05 Å². The fraction of sp³-hybridized carbons (Fsp3) is 0.0588. The lowest BCUT2D eigenvalue weighted by atomic mass is 10.1. The topological polar surface area (TPSA) is 3.24 Å². The molecule has 2 aliphatic carbocycles. The highest BCUT2D eigenvalue weighted by Gasteiger charge is 2.10. The standard InChI is InChI=1S/C17H15N/c1-18(15-10-3-2-4-11-15)17-13-6-5-8-14-9-7-12-16(14)17/h2-13H,1H3. The fourth-order valence-corrected chi connectivity index (χ4v) is 2.29. The molecule has 0 fully saturated rings. The van der Waals surface area contributed by atoms with E-state index in [4.69, 9.17) is 0 Å². The van der Waals surface area contributed by atoms with Crippen LogP contribution in [-0.2, 0) is 0 Å². The molecule has 1 aromatic carbocycles. The van der Waals surface area contributed by atoms with Crippen molar-refractivity contribution in [3.8, 4) is 11.1 Å². The Kier molecular flexibility index (Phi) is 2.73. The molecule has 88 valence electrons. The maximum Gasteiger partial charge on any atom is 0.0487 e. The smallest absolute Gasteiger partial charge is 0.0487 e. The van der Waals surface area contributed by atoms with Crippen LogP contribution in [0.4, 0.5) is 11.4 Å². The molecule has 0 unspecified atom stereocenters. The van der Waals surface area contributed by atoms with Crippen molar-refractivity contribution in [1.82, 2.24) is 0 Å². The highest BCUT2D eigenvalue weighted by atomic mass is 15.1. The molecule has 1 aromatic rings. The van der Waals surface area contributed by atoms with E-state index in [1.165, 1.54) is 22.5 Å². The number of rotatable bonds is 2. The summed E-state index contributed by atoms with van der Waals surface area (Å²) < 4.78 is 0. The SMILES string of the molecule is CN(c1ccccc1)c1ccccc2cccc1-2. The van der Waals surface area contributed by atoms with Gasteiger partial charge in [-0.3, -0.25) is 0 Å². The van der Waals surface area contributed by atoms with Crippen LogP contribution in [0.25, 0.3) is 11.1 Å². The predicted octanol–water partition coefficient (Wildman–Crippen LogP) is 4.56.